The smallest absolute Gasteiger partial charge is 0.0975 e. The maximum atomic E-state index is 9.37. The van der Waals surface area contributed by atoms with E-state index < -0.39 is 0 Å². The first-order valence-electron chi connectivity index (χ1n) is 3.71. The van der Waals surface area contributed by atoms with Crippen molar-refractivity contribution in [3.63, 3.8) is 0 Å². The molecule has 10 heavy (non-hydrogen) atoms. The van der Waals surface area contributed by atoms with Gasteiger partial charge in [-0.25, -0.2) is 0 Å². The van der Waals surface area contributed by atoms with Crippen LogP contribution in [0.3, 0.4) is 0 Å². The topological polar surface area (TPSA) is 49.5 Å². The molecule has 3 nitrogen and oxygen atoms in total. The van der Waals surface area contributed by atoms with Crippen molar-refractivity contribution in [1.29, 1.82) is 0 Å². The molecule has 0 aromatic heterocycles. The predicted molar refractivity (Wildman–Crippen MR) is 38.0 cm³/mol. The van der Waals surface area contributed by atoms with E-state index in [1.54, 1.807) is 6.08 Å². The highest BCUT2D eigenvalue weighted by molar-refractivity contribution is 5.15. The number of fused-ring (bicyclic) bond motifs is 1. The van der Waals surface area contributed by atoms with Crippen LogP contribution in [0.2, 0.25) is 0 Å². The summed E-state index contributed by atoms with van der Waals surface area (Å²) in [6, 6.07) is 0.292. The maximum absolute atomic E-state index is 9.37. The number of nitrogens with two attached hydrogens (primary N) is 1. The Morgan fingerprint density at radius 3 is 3.20 bits per heavy atom. The van der Waals surface area contributed by atoms with Gasteiger partial charge in [-0.05, 0) is 18.9 Å². The first-order valence-corrected chi connectivity index (χ1v) is 3.71. The fourth-order valence-corrected chi connectivity index (χ4v) is 1.85. The summed E-state index contributed by atoms with van der Waals surface area (Å²) < 4.78 is 0. The first kappa shape index (κ1) is 6.04. The minimum Gasteiger partial charge on any atom is -0.387 e. The lowest BCUT2D eigenvalue weighted by Gasteiger charge is -2.20. The van der Waals surface area contributed by atoms with Crippen molar-refractivity contribution in [2.24, 2.45) is 5.73 Å². The van der Waals surface area contributed by atoms with Crippen LogP contribution in [0.4, 0.5) is 0 Å². The van der Waals surface area contributed by atoms with Crippen molar-refractivity contribution in [2.75, 3.05) is 6.54 Å². The van der Waals surface area contributed by atoms with Gasteiger partial charge in [0, 0.05) is 6.54 Å². The minimum atomic E-state index is -0.317. The minimum absolute atomic E-state index is 0.292. The third-order valence-corrected chi connectivity index (χ3v) is 2.37. The number of rotatable bonds is 0. The Hall–Kier alpha value is -0.700. The van der Waals surface area contributed by atoms with E-state index in [9.17, 15) is 5.11 Å². The number of hydrogen-bond donors (Lipinski definition) is 2. The van der Waals surface area contributed by atoms with E-state index in [2.05, 4.69) is 4.90 Å². The molecule has 3 N–H and O–H groups in total. The number of aliphatic hydroxyl groups excluding tert-OH is 1. The van der Waals surface area contributed by atoms with Crippen LogP contribution >= 0.6 is 0 Å². The lowest BCUT2D eigenvalue weighted by molar-refractivity contribution is 0.151. The largest absolute Gasteiger partial charge is 0.387 e. The predicted octanol–water partition coefficient (Wildman–Crippen LogP) is -0.375. The molecule has 0 bridgehead atoms. The van der Waals surface area contributed by atoms with Crippen LogP contribution in [0.25, 0.3) is 0 Å². The Balaban J connectivity index is 2.21. The monoisotopic (exact) mass is 140 g/mol. The first-order chi connectivity index (χ1) is 4.79. The Bertz CT molecular complexity index is 178. The van der Waals surface area contributed by atoms with Crippen molar-refractivity contribution >= 4 is 0 Å². The molecular formula is C7H12N2O. The van der Waals surface area contributed by atoms with E-state index in [1.807, 2.05) is 0 Å². The maximum Gasteiger partial charge on any atom is 0.0975 e. The van der Waals surface area contributed by atoms with Crippen LogP contribution in [0.5, 0.6) is 0 Å². The lowest BCUT2D eigenvalue weighted by Crippen LogP contribution is -2.32. The summed E-state index contributed by atoms with van der Waals surface area (Å²) in [5.74, 6) is 0.759. The van der Waals surface area contributed by atoms with Gasteiger partial charge < -0.3 is 15.7 Å². The van der Waals surface area contributed by atoms with Crippen LogP contribution in [0, 0.1) is 0 Å². The van der Waals surface area contributed by atoms with Gasteiger partial charge in [0.25, 0.3) is 0 Å². The molecule has 0 aliphatic carbocycles. The van der Waals surface area contributed by atoms with Crippen LogP contribution in [-0.4, -0.2) is 28.7 Å². The molecule has 0 aromatic rings. The molecule has 0 aromatic carbocycles. The van der Waals surface area contributed by atoms with Gasteiger partial charge in [0.1, 0.15) is 0 Å². The summed E-state index contributed by atoms with van der Waals surface area (Å²) in [5.41, 5.74) is 5.64. The van der Waals surface area contributed by atoms with E-state index in [0.29, 0.717) is 6.04 Å². The normalized spacial score (nSPS) is 38.1. The number of nitrogens with zero attached hydrogens (tertiary/aromatic N) is 1. The fraction of sp³-hybridized carbons (Fsp3) is 0.714. The Labute approximate surface area is 60.1 Å². The highest BCUT2D eigenvalue weighted by Crippen LogP contribution is 2.28. The summed E-state index contributed by atoms with van der Waals surface area (Å²) in [5, 5.41) is 9.37. The molecule has 0 amide bonds. The van der Waals surface area contributed by atoms with Crippen molar-refractivity contribution in [1.82, 2.24) is 4.90 Å². The summed E-state index contributed by atoms with van der Waals surface area (Å²) in [4.78, 5) is 2.09. The van der Waals surface area contributed by atoms with Gasteiger partial charge in [-0.2, -0.15) is 0 Å². The molecule has 3 heteroatoms. The molecule has 2 aliphatic heterocycles. The quantitative estimate of drug-likeness (QED) is 0.482. The second-order valence-electron chi connectivity index (χ2n) is 2.99. The van der Waals surface area contributed by atoms with Gasteiger partial charge in [0.2, 0.25) is 0 Å². The summed E-state index contributed by atoms with van der Waals surface area (Å²) in [6.07, 6.45) is 3.67. The number of aliphatic hydroxyl groups is 1. The van der Waals surface area contributed by atoms with E-state index in [1.165, 1.54) is 0 Å². The van der Waals surface area contributed by atoms with Crippen LogP contribution in [0.15, 0.2) is 11.9 Å². The average Bonchev–Trinajstić information content (AvgIpc) is 2.39. The van der Waals surface area contributed by atoms with E-state index in [-0.39, 0.29) is 6.10 Å². The third kappa shape index (κ3) is 0.639. The molecule has 0 saturated carbocycles. The second-order valence-corrected chi connectivity index (χ2v) is 2.99. The van der Waals surface area contributed by atoms with Gasteiger partial charge in [-0.15, -0.1) is 0 Å². The van der Waals surface area contributed by atoms with E-state index in [0.717, 1.165) is 25.2 Å². The fourth-order valence-electron chi connectivity index (χ4n) is 1.85. The van der Waals surface area contributed by atoms with Gasteiger partial charge >= 0.3 is 0 Å². The Morgan fingerprint density at radius 1 is 1.70 bits per heavy atom. The molecule has 0 spiro atoms. The molecule has 56 valence electrons. The van der Waals surface area contributed by atoms with Crippen molar-refractivity contribution in [2.45, 2.75) is 25.0 Å². The molecule has 1 fully saturated rings. The van der Waals surface area contributed by atoms with Crippen molar-refractivity contribution < 1.29 is 5.11 Å². The summed E-state index contributed by atoms with van der Waals surface area (Å²) >= 11 is 0. The van der Waals surface area contributed by atoms with Gasteiger partial charge in [-0.1, -0.05) is 0 Å². The highest BCUT2D eigenvalue weighted by Gasteiger charge is 2.35. The lowest BCUT2D eigenvalue weighted by atomic mass is 10.1. The molecule has 2 heterocycles. The average molecular weight is 140 g/mol. The SMILES string of the molecule is NC1=CC(O)C2CCCN12. The zero-order valence-electron chi connectivity index (χ0n) is 5.83. The molecular weight excluding hydrogens is 128 g/mol. The van der Waals surface area contributed by atoms with Gasteiger partial charge in [-0.3, -0.25) is 0 Å². The summed E-state index contributed by atoms with van der Waals surface area (Å²) in [7, 11) is 0. The van der Waals surface area contributed by atoms with E-state index in [4.69, 9.17) is 5.73 Å². The Morgan fingerprint density at radius 2 is 2.50 bits per heavy atom. The molecule has 2 atom stereocenters. The van der Waals surface area contributed by atoms with Crippen LogP contribution in [0.1, 0.15) is 12.8 Å². The van der Waals surface area contributed by atoms with Crippen molar-refractivity contribution in [3.8, 4) is 0 Å². The van der Waals surface area contributed by atoms with Crippen LogP contribution in [-0.2, 0) is 0 Å². The standard InChI is InChI=1S/C7H12N2O/c8-7-4-6(10)5-2-1-3-9(5)7/h4-6,10H,1-3,8H2. The molecule has 2 aliphatic rings. The zero-order chi connectivity index (χ0) is 7.14. The van der Waals surface area contributed by atoms with Gasteiger partial charge in [0.05, 0.1) is 18.0 Å². The highest BCUT2D eigenvalue weighted by atomic mass is 16.3. The Kier molecular flexibility index (Phi) is 1.14. The van der Waals surface area contributed by atoms with E-state index >= 15 is 0 Å². The molecule has 2 unspecified atom stereocenters. The van der Waals surface area contributed by atoms with Crippen molar-refractivity contribution in [3.05, 3.63) is 11.9 Å². The molecule has 0 radical (unpaired) electrons. The number of hydrogen-bond acceptors (Lipinski definition) is 3. The second kappa shape index (κ2) is 1.89. The van der Waals surface area contributed by atoms with Gasteiger partial charge in [0.15, 0.2) is 0 Å². The molecule has 1 saturated heterocycles. The summed E-state index contributed by atoms with van der Waals surface area (Å²) in [6.45, 7) is 1.02. The van der Waals surface area contributed by atoms with Crippen LogP contribution < -0.4 is 5.73 Å². The third-order valence-electron chi connectivity index (χ3n) is 2.37. The zero-order valence-corrected chi connectivity index (χ0v) is 5.83. The molecule has 2 rings (SSSR count).